The molecule has 0 aromatic carbocycles. The Hall–Kier alpha value is -0.910. The van der Waals surface area contributed by atoms with Crippen LogP contribution >= 0.6 is 0 Å². The highest BCUT2D eigenvalue weighted by Gasteiger charge is 2.14. The molecule has 0 bridgehead atoms. The number of nitrogens with one attached hydrogen (secondary N) is 2. The first-order chi connectivity index (χ1) is 10.5. The molecule has 4 N–H and O–H groups in total. The lowest BCUT2D eigenvalue weighted by molar-refractivity contribution is 0.137. The number of nitrogens with two attached hydrogens (primary N) is 1. The Balaban J connectivity index is 3.82. The molecule has 0 spiro atoms. The van der Waals surface area contributed by atoms with Gasteiger partial charge < -0.3 is 10.1 Å². The second-order valence-corrected chi connectivity index (χ2v) is 9.12. The number of amides is 2. The van der Waals surface area contributed by atoms with E-state index >= 15 is 0 Å². The van der Waals surface area contributed by atoms with Crippen molar-refractivity contribution in [2.45, 2.75) is 33.1 Å². The molecule has 0 aliphatic carbocycles. The number of ether oxygens (including phenoxy) is 1. The molecule has 0 rings (SSSR count). The molecular formula is C12H27N3O6S2. The Kier molecular flexibility index (Phi) is 10.4. The Morgan fingerprint density at radius 1 is 1.09 bits per heavy atom. The summed E-state index contributed by atoms with van der Waals surface area (Å²) in [6, 6.07) is -0.845. The van der Waals surface area contributed by atoms with E-state index < -0.39 is 26.1 Å². The maximum absolute atomic E-state index is 11.6. The van der Waals surface area contributed by atoms with E-state index in [1.54, 1.807) is 0 Å². The van der Waals surface area contributed by atoms with Crippen LogP contribution in [0, 0.1) is 5.92 Å². The summed E-state index contributed by atoms with van der Waals surface area (Å²) in [5.74, 6) is -0.00328. The summed E-state index contributed by atoms with van der Waals surface area (Å²) in [5.41, 5.74) is 0. The number of hydrogen-bond donors (Lipinski definition) is 3. The highest BCUT2D eigenvalue weighted by atomic mass is 32.2. The van der Waals surface area contributed by atoms with Gasteiger partial charge in [-0.15, -0.1) is 0 Å². The Morgan fingerprint density at radius 2 is 1.74 bits per heavy atom. The van der Waals surface area contributed by atoms with Crippen molar-refractivity contribution in [1.82, 2.24) is 10.0 Å². The zero-order chi connectivity index (χ0) is 17.9. The van der Waals surface area contributed by atoms with E-state index in [4.69, 9.17) is 9.88 Å². The van der Waals surface area contributed by atoms with Crippen molar-refractivity contribution in [2.75, 3.05) is 31.3 Å². The summed E-state index contributed by atoms with van der Waals surface area (Å²) in [5, 5.41) is 7.16. The van der Waals surface area contributed by atoms with Crippen LogP contribution in [0.15, 0.2) is 0 Å². The van der Waals surface area contributed by atoms with E-state index in [-0.39, 0.29) is 31.1 Å². The summed E-state index contributed by atoms with van der Waals surface area (Å²) in [6.45, 7) is 4.72. The van der Waals surface area contributed by atoms with Crippen molar-refractivity contribution in [3.63, 3.8) is 0 Å². The van der Waals surface area contributed by atoms with Gasteiger partial charge >= 0.3 is 6.03 Å². The number of unbranched alkanes of at least 4 members (excludes halogenated alkanes) is 1. The molecule has 0 aliphatic heterocycles. The van der Waals surface area contributed by atoms with Gasteiger partial charge in [0.05, 0.1) is 18.1 Å². The van der Waals surface area contributed by atoms with Crippen molar-refractivity contribution < 1.29 is 26.4 Å². The lowest BCUT2D eigenvalue weighted by Crippen LogP contribution is -2.41. The van der Waals surface area contributed by atoms with Crippen molar-refractivity contribution in [2.24, 2.45) is 11.1 Å². The normalized spacial score (nSPS) is 12.3. The summed E-state index contributed by atoms with van der Waals surface area (Å²) in [7, 11) is -7.26. The molecule has 138 valence electrons. The molecule has 0 atom stereocenters. The van der Waals surface area contributed by atoms with Crippen molar-refractivity contribution in [3.8, 4) is 0 Å². The van der Waals surface area contributed by atoms with Gasteiger partial charge in [-0.25, -0.2) is 31.5 Å². The van der Waals surface area contributed by atoms with Crippen LogP contribution in [0.25, 0.3) is 0 Å². The largest absolute Gasteiger partial charge is 0.380 e. The number of hydrogen-bond acceptors (Lipinski definition) is 6. The minimum Gasteiger partial charge on any atom is -0.380 e. The van der Waals surface area contributed by atoms with E-state index in [0.717, 1.165) is 6.42 Å². The molecule has 0 aliphatic rings. The fraction of sp³-hybridized carbons (Fsp3) is 0.917. The highest BCUT2D eigenvalue weighted by molar-refractivity contribution is 7.90. The fourth-order valence-electron chi connectivity index (χ4n) is 1.45. The van der Waals surface area contributed by atoms with Crippen LogP contribution in [-0.2, 0) is 24.8 Å². The fourth-order valence-corrected chi connectivity index (χ4v) is 2.85. The smallest absolute Gasteiger partial charge is 0.328 e. The zero-order valence-electron chi connectivity index (χ0n) is 13.6. The zero-order valence-corrected chi connectivity index (χ0v) is 15.2. The van der Waals surface area contributed by atoms with Crippen molar-refractivity contribution in [1.29, 1.82) is 0 Å². The monoisotopic (exact) mass is 373 g/mol. The van der Waals surface area contributed by atoms with Gasteiger partial charge in [0.1, 0.15) is 0 Å². The molecule has 23 heavy (non-hydrogen) atoms. The second-order valence-electron chi connectivity index (χ2n) is 5.55. The summed E-state index contributed by atoms with van der Waals surface area (Å²) < 4.78 is 51.6. The van der Waals surface area contributed by atoms with Gasteiger partial charge in [-0.1, -0.05) is 13.8 Å². The van der Waals surface area contributed by atoms with Gasteiger partial charge in [0.25, 0.3) is 0 Å². The van der Waals surface area contributed by atoms with Crippen LogP contribution < -0.4 is 15.2 Å². The average Bonchev–Trinajstić information content (AvgIpc) is 2.35. The van der Waals surface area contributed by atoms with Gasteiger partial charge in [-0.05, 0) is 25.2 Å². The maximum Gasteiger partial charge on any atom is 0.328 e. The molecule has 0 fully saturated rings. The predicted molar refractivity (Wildman–Crippen MR) is 87.8 cm³/mol. The number of carbonyl (C=O) groups excluding carboxylic acids is 1. The number of rotatable bonds is 12. The second kappa shape index (κ2) is 10.8. The van der Waals surface area contributed by atoms with E-state index in [2.05, 4.69) is 5.32 Å². The average molecular weight is 373 g/mol. The standard InChI is InChI=1S/C12H27N3O6S2/c1-11(2)5-7-21-8-10-23(19,20)15-12(16)14-6-3-4-9-22(13,17)18/h11H,3-10H2,1-2H3,(H2,13,17,18)(H2,14,15,16). The topological polar surface area (TPSA) is 145 Å². The summed E-state index contributed by atoms with van der Waals surface area (Å²) in [6.07, 6.45) is 1.50. The van der Waals surface area contributed by atoms with E-state index in [1.165, 1.54) is 0 Å². The van der Waals surface area contributed by atoms with Gasteiger partial charge in [0, 0.05) is 13.2 Å². The third-order valence-corrected chi connectivity index (χ3v) is 4.78. The van der Waals surface area contributed by atoms with E-state index in [9.17, 15) is 21.6 Å². The highest BCUT2D eigenvalue weighted by Crippen LogP contribution is 1.99. The minimum absolute atomic E-state index is 0.0176. The number of urea groups is 1. The number of carbonyl (C=O) groups is 1. The van der Waals surface area contributed by atoms with Crippen LogP contribution in [0.4, 0.5) is 4.79 Å². The maximum atomic E-state index is 11.6. The number of sulfonamides is 2. The van der Waals surface area contributed by atoms with Gasteiger partial charge in [0.2, 0.25) is 20.0 Å². The first kappa shape index (κ1) is 22.1. The molecule has 0 aromatic heterocycles. The molecule has 0 aromatic rings. The van der Waals surface area contributed by atoms with Gasteiger partial charge in [0.15, 0.2) is 0 Å². The van der Waals surface area contributed by atoms with Crippen LogP contribution in [0.1, 0.15) is 33.1 Å². The summed E-state index contributed by atoms with van der Waals surface area (Å²) >= 11 is 0. The van der Waals surface area contributed by atoms with Crippen molar-refractivity contribution in [3.05, 3.63) is 0 Å². The SMILES string of the molecule is CC(C)CCOCCS(=O)(=O)NC(=O)NCCCCS(N)(=O)=O. The van der Waals surface area contributed by atoms with Gasteiger partial charge in [-0.3, -0.25) is 0 Å². The Bertz CT molecular complexity index is 545. The molecule has 11 heteroatoms. The minimum atomic E-state index is -3.75. The molecule has 9 nitrogen and oxygen atoms in total. The van der Waals surface area contributed by atoms with E-state index in [1.807, 2.05) is 18.6 Å². The molecule has 2 amide bonds. The first-order valence-corrected chi connectivity index (χ1v) is 10.7. The Labute approximate surface area is 138 Å². The van der Waals surface area contributed by atoms with Crippen molar-refractivity contribution >= 4 is 26.1 Å². The van der Waals surface area contributed by atoms with E-state index in [0.29, 0.717) is 18.9 Å². The van der Waals surface area contributed by atoms with Crippen LogP contribution in [0.3, 0.4) is 0 Å². The molecular weight excluding hydrogens is 346 g/mol. The lowest BCUT2D eigenvalue weighted by atomic mass is 10.1. The summed E-state index contributed by atoms with van der Waals surface area (Å²) in [4.78, 5) is 11.4. The molecule has 0 saturated heterocycles. The van der Waals surface area contributed by atoms with Crippen LogP contribution in [0.2, 0.25) is 0 Å². The third-order valence-electron chi connectivity index (χ3n) is 2.73. The lowest BCUT2D eigenvalue weighted by Gasteiger charge is -2.09. The molecule has 0 radical (unpaired) electrons. The van der Waals surface area contributed by atoms with Gasteiger partial charge in [-0.2, -0.15) is 0 Å². The quantitative estimate of drug-likeness (QED) is 0.402. The first-order valence-electron chi connectivity index (χ1n) is 7.38. The Morgan fingerprint density at radius 3 is 2.30 bits per heavy atom. The predicted octanol–water partition coefficient (Wildman–Crippen LogP) is -0.253. The molecule has 0 unspecified atom stereocenters. The molecule has 0 heterocycles. The third kappa shape index (κ3) is 15.8. The molecule has 0 saturated carbocycles. The van der Waals surface area contributed by atoms with Crippen LogP contribution in [0.5, 0.6) is 0 Å². The van der Waals surface area contributed by atoms with Crippen LogP contribution in [-0.4, -0.2) is 54.1 Å². The number of primary sulfonamides is 1.